The van der Waals surface area contributed by atoms with Crippen molar-refractivity contribution >= 4 is 6.29 Å². The molecule has 2 rings (SSSR count). The van der Waals surface area contributed by atoms with Gasteiger partial charge in [0.2, 0.25) is 0 Å². The van der Waals surface area contributed by atoms with Crippen molar-refractivity contribution < 1.29 is 4.79 Å². The lowest BCUT2D eigenvalue weighted by Gasteiger charge is -2.34. The van der Waals surface area contributed by atoms with Crippen molar-refractivity contribution in [1.29, 1.82) is 0 Å². The van der Waals surface area contributed by atoms with E-state index in [9.17, 15) is 4.79 Å². The predicted octanol–water partition coefficient (Wildman–Crippen LogP) is 0.801. The summed E-state index contributed by atoms with van der Waals surface area (Å²) in [5.74, 6) is 1.62. The Morgan fingerprint density at radius 1 is 0.867 bits per heavy atom. The first-order valence-corrected chi connectivity index (χ1v) is 6.28. The second-order valence-electron chi connectivity index (χ2n) is 4.89. The lowest BCUT2D eigenvalue weighted by atomic mass is 9.74. The number of nitrogens with one attached hydrogen (secondary N) is 2. The Balaban J connectivity index is 1.91. The third-order valence-electron chi connectivity index (χ3n) is 4.01. The van der Waals surface area contributed by atoms with Gasteiger partial charge in [0.05, 0.1) is 0 Å². The average Bonchev–Trinajstić information content (AvgIpc) is 2.33. The minimum atomic E-state index is 0.328. The van der Waals surface area contributed by atoms with Gasteiger partial charge in [-0.2, -0.15) is 0 Å². The van der Waals surface area contributed by atoms with Crippen molar-refractivity contribution in [3.8, 4) is 0 Å². The molecule has 0 aromatic heterocycles. The van der Waals surface area contributed by atoms with Crippen LogP contribution in [0, 0.1) is 17.8 Å². The van der Waals surface area contributed by atoms with E-state index in [4.69, 9.17) is 0 Å². The predicted molar refractivity (Wildman–Crippen MR) is 60.7 cm³/mol. The maximum absolute atomic E-state index is 11.3. The summed E-state index contributed by atoms with van der Waals surface area (Å²) in [6.45, 7) is 4.39. The normalized spacial score (nSPS) is 25.7. The molecule has 0 spiro atoms. The van der Waals surface area contributed by atoms with Crippen molar-refractivity contribution in [1.82, 2.24) is 10.6 Å². The van der Waals surface area contributed by atoms with E-state index in [1.165, 1.54) is 32.0 Å². The molecule has 0 unspecified atom stereocenters. The quantitative estimate of drug-likeness (QED) is 0.677. The van der Waals surface area contributed by atoms with Crippen LogP contribution in [0.4, 0.5) is 0 Å². The van der Waals surface area contributed by atoms with E-state index in [2.05, 4.69) is 10.6 Å². The Kier molecular flexibility index (Phi) is 4.15. The minimum absolute atomic E-state index is 0.328. The van der Waals surface area contributed by atoms with E-state index in [0.29, 0.717) is 17.8 Å². The van der Waals surface area contributed by atoms with Crippen LogP contribution >= 0.6 is 0 Å². The smallest absolute Gasteiger partial charge is 0.123 e. The summed E-state index contributed by atoms with van der Waals surface area (Å²) in [4.78, 5) is 11.3. The number of hydrogen-bond acceptors (Lipinski definition) is 3. The largest absolute Gasteiger partial charge is 0.317 e. The van der Waals surface area contributed by atoms with Crippen LogP contribution in [0.1, 0.15) is 25.7 Å². The molecular formula is C12H22N2O. The Hall–Kier alpha value is -0.410. The molecule has 86 valence electrons. The number of carbonyl (C=O) groups excluding carboxylic acids is 1. The summed E-state index contributed by atoms with van der Waals surface area (Å²) >= 11 is 0. The molecule has 2 fully saturated rings. The van der Waals surface area contributed by atoms with Crippen LogP contribution in [0.2, 0.25) is 0 Å². The van der Waals surface area contributed by atoms with Crippen LogP contribution in [-0.4, -0.2) is 32.5 Å². The van der Waals surface area contributed by atoms with E-state index in [0.717, 1.165) is 26.2 Å². The van der Waals surface area contributed by atoms with Gasteiger partial charge in [0.1, 0.15) is 6.29 Å². The highest BCUT2D eigenvalue weighted by atomic mass is 16.1. The average molecular weight is 210 g/mol. The third kappa shape index (κ3) is 2.79. The second kappa shape index (κ2) is 5.61. The third-order valence-corrected chi connectivity index (χ3v) is 4.01. The molecule has 2 saturated heterocycles. The molecule has 0 amide bonds. The van der Waals surface area contributed by atoms with Gasteiger partial charge in [-0.25, -0.2) is 0 Å². The van der Waals surface area contributed by atoms with Crippen molar-refractivity contribution in [3.05, 3.63) is 0 Å². The van der Waals surface area contributed by atoms with Gasteiger partial charge in [-0.15, -0.1) is 0 Å². The zero-order valence-electron chi connectivity index (χ0n) is 9.37. The summed E-state index contributed by atoms with van der Waals surface area (Å²) in [6.07, 6.45) is 5.99. The SMILES string of the molecule is O=CC(C1CCNCC1)C1CCNCC1. The summed E-state index contributed by atoms with van der Waals surface area (Å²) in [5.41, 5.74) is 0. The Morgan fingerprint density at radius 2 is 1.27 bits per heavy atom. The van der Waals surface area contributed by atoms with E-state index in [1.54, 1.807) is 0 Å². The number of hydrogen-bond donors (Lipinski definition) is 2. The van der Waals surface area contributed by atoms with E-state index < -0.39 is 0 Å². The Bertz CT molecular complexity index is 178. The van der Waals surface area contributed by atoms with Crippen LogP contribution in [0.3, 0.4) is 0 Å². The summed E-state index contributed by atoms with van der Waals surface area (Å²) in [7, 11) is 0. The molecule has 0 radical (unpaired) electrons. The molecule has 2 heterocycles. The van der Waals surface area contributed by atoms with Crippen molar-refractivity contribution in [3.63, 3.8) is 0 Å². The van der Waals surface area contributed by atoms with Crippen LogP contribution in [0.25, 0.3) is 0 Å². The Labute approximate surface area is 92.0 Å². The summed E-state index contributed by atoms with van der Waals surface area (Å²) < 4.78 is 0. The standard InChI is InChI=1S/C12H22N2O/c15-9-12(10-1-5-13-6-2-10)11-3-7-14-8-4-11/h9-14H,1-8H2. The number of aldehydes is 1. The van der Waals surface area contributed by atoms with Crippen LogP contribution < -0.4 is 10.6 Å². The molecule has 3 nitrogen and oxygen atoms in total. The highest BCUT2D eigenvalue weighted by molar-refractivity contribution is 5.54. The first-order valence-electron chi connectivity index (χ1n) is 6.28. The van der Waals surface area contributed by atoms with Gasteiger partial charge in [-0.05, 0) is 63.7 Å². The van der Waals surface area contributed by atoms with Gasteiger partial charge < -0.3 is 15.4 Å². The molecule has 3 heteroatoms. The maximum Gasteiger partial charge on any atom is 0.123 e. The molecule has 0 bridgehead atoms. The van der Waals surface area contributed by atoms with E-state index in [-0.39, 0.29) is 0 Å². The monoisotopic (exact) mass is 210 g/mol. The zero-order chi connectivity index (χ0) is 10.5. The zero-order valence-corrected chi connectivity index (χ0v) is 9.37. The second-order valence-corrected chi connectivity index (χ2v) is 4.89. The van der Waals surface area contributed by atoms with Gasteiger partial charge in [0.25, 0.3) is 0 Å². The molecule has 0 aliphatic carbocycles. The van der Waals surface area contributed by atoms with Crippen molar-refractivity contribution in [2.45, 2.75) is 25.7 Å². The first-order chi connectivity index (χ1) is 7.42. The highest BCUT2D eigenvalue weighted by Gasteiger charge is 2.30. The molecule has 0 atom stereocenters. The fourth-order valence-electron chi connectivity index (χ4n) is 3.07. The minimum Gasteiger partial charge on any atom is -0.317 e. The number of carbonyl (C=O) groups is 1. The van der Waals surface area contributed by atoms with E-state index in [1.807, 2.05) is 0 Å². The molecule has 2 aliphatic rings. The molecule has 15 heavy (non-hydrogen) atoms. The van der Waals surface area contributed by atoms with Gasteiger partial charge in [-0.3, -0.25) is 0 Å². The summed E-state index contributed by atoms with van der Waals surface area (Å²) in [5, 5.41) is 6.74. The van der Waals surface area contributed by atoms with Crippen LogP contribution in [-0.2, 0) is 4.79 Å². The molecule has 0 saturated carbocycles. The molecule has 2 aliphatic heterocycles. The van der Waals surface area contributed by atoms with Gasteiger partial charge in [-0.1, -0.05) is 0 Å². The molecule has 2 N–H and O–H groups in total. The fourth-order valence-corrected chi connectivity index (χ4v) is 3.07. The molecule has 0 aromatic carbocycles. The molecular weight excluding hydrogens is 188 g/mol. The Morgan fingerprint density at radius 3 is 1.60 bits per heavy atom. The lowest BCUT2D eigenvalue weighted by Crippen LogP contribution is -2.39. The topological polar surface area (TPSA) is 41.1 Å². The molecule has 0 aromatic rings. The number of piperidine rings is 2. The maximum atomic E-state index is 11.3. The van der Waals surface area contributed by atoms with Crippen LogP contribution in [0.5, 0.6) is 0 Å². The highest BCUT2D eigenvalue weighted by Crippen LogP contribution is 2.31. The first kappa shape index (κ1) is 11.1. The van der Waals surface area contributed by atoms with Gasteiger partial charge in [0, 0.05) is 5.92 Å². The summed E-state index contributed by atoms with van der Waals surface area (Å²) in [6, 6.07) is 0. The van der Waals surface area contributed by atoms with Gasteiger partial charge >= 0.3 is 0 Å². The van der Waals surface area contributed by atoms with Crippen LogP contribution in [0.15, 0.2) is 0 Å². The lowest BCUT2D eigenvalue weighted by molar-refractivity contribution is -0.115. The van der Waals surface area contributed by atoms with Crippen molar-refractivity contribution in [2.24, 2.45) is 17.8 Å². The van der Waals surface area contributed by atoms with Gasteiger partial charge in [0.15, 0.2) is 0 Å². The van der Waals surface area contributed by atoms with Crippen molar-refractivity contribution in [2.75, 3.05) is 26.2 Å². The van der Waals surface area contributed by atoms with E-state index >= 15 is 0 Å². The number of rotatable bonds is 3. The fraction of sp³-hybridized carbons (Fsp3) is 0.917.